The molecule has 2 aliphatic rings. The second-order valence-corrected chi connectivity index (χ2v) is 12.9. The van der Waals surface area contributed by atoms with Gasteiger partial charge in [0, 0.05) is 37.1 Å². The summed E-state index contributed by atoms with van der Waals surface area (Å²) in [6.45, 7) is 8.80. The predicted octanol–water partition coefficient (Wildman–Crippen LogP) is 6.64. The molecule has 3 unspecified atom stereocenters. The lowest BCUT2D eigenvalue weighted by atomic mass is 9.93. The van der Waals surface area contributed by atoms with Gasteiger partial charge in [0.05, 0.1) is 17.5 Å². The number of benzene rings is 3. The number of rotatable bonds is 13. The number of nitrogens with zero attached hydrogens (tertiary/aromatic N) is 1. The molecule has 232 valence electrons. The standard InChI is InChI=1S/C34H44N2O6S/c1-4-36(5-2)28-15-11-26(12-16-28)32-20-14-27-13-17-29(22-33(27)35-32)40-23-30(42-34-8-6-7-21-39-34)24-41-43(37,38)31-18-9-25(3)10-19-31/h9-13,15-19,22,30,32,34-35H,4-8,14,20-21,23-24H2,1-3H3. The molecule has 8 nitrogen and oxygen atoms in total. The molecular formula is C34H44N2O6S. The number of anilines is 2. The van der Waals surface area contributed by atoms with Crippen LogP contribution in [0.1, 0.15) is 62.3 Å². The summed E-state index contributed by atoms with van der Waals surface area (Å²) in [7, 11) is -3.94. The zero-order valence-electron chi connectivity index (χ0n) is 25.5. The smallest absolute Gasteiger partial charge is 0.297 e. The number of hydrogen-bond acceptors (Lipinski definition) is 8. The Hall–Kier alpha value is -3.11. The molecule has 1 N–H and O–H groups in total. The van der Waals surface area contributed by atoms with E-state index in [9.17, 15) is 8.42 Å². The second kappa shape index (κ2) is 14.6. The molecular weight excluding hydrogens is 564 g/mol. The summed E-state index contributed by atoms with van der Waals surface area (Å²) >= 11 is 0. The molecule has 0 saturated carbocycles. The van der Waals surface area contributed by atoms with E-state index in [0.29, 0.717) is 12.4 Å². The van der Waals surface area contributed by atoms with Crippen molar-refractivity contribution < 1.29 is 26.8 Å². The first kappa shape index (κ1) is 31.3. The highest BCUT2D eigenvalue weighted by Gasteiger charge is 2.25. The van der Waals surface area contributed by atoms with Crippen LogP contribution >= 0.6 is 0 Å². The average molecular weight is 609 g/mol. The molecule has 0 radical (unpaired) electrons. The van der Waals surface area contributed by atoms with Crippen molar-refractivity contribution in [2.75, 3.05) is 43.1 Å². The van der Waals surface area contributed by atoms with Gasteiger partial charge in [-0.05, 0) is 94.3 Å². The van der Waals surface area contributed by atoms with Crippen LogP contribution in [0, 0.1) is 6.92 Å². The van der Waals surface area contributed by atoms with Crippen molar-refractivity contribution in [2.24, 2.45) is 0 Å². The normalized spacial score (nSPS) is 19.2. The van der Waals surface area contributed by atoms with Crippen molar-refractivity contribution in [3.05, 3.63) is 83.4 Å². The van der Waals surface area contributed by atoms with E-state index in [-0.39, 0.29) is 24.2 Å². The van der Waals surface area contributed by atoms with Gasteiger partial charge in [-0.3, -0.25) is 4.18 Å². The van der Waals surface area contributed by atoms with Crippen LogP contribution in [0.15, 0.2) is 71.6 Å². The molecule has 0 amide bonds. The molecule has 9 heteroatoms. The van der Waals surface area contributed by atoms with E-state index < -0.39 is 22.5 Å². The van der Waals surface area contributed by atoms with Gasteiger partial charge >= 0.3 is 0 Å². The third-order valence-electron chi connectivity index (χ3n) is 8.17. The molecule has 3 aromatic rings. The highest BCUT2D eigenvalue weighted by molar-refractivity contribution is 7.86. The molecule has 5 rings (SSSR count). The van der Waals surface area contributed by atoms with Gasteiger partial charge in [0.25, 0.3) is 10.1 Å². The van der Waals surface area contributed by atoms with Crippen LogP contribution < -0.4 is 15.0 Å². The molecule has 2 aliphatic heterocycles. The monoisotopic (exact) mass is 608 g/mol. The van der Waals surface area contributed by atoms with E-state index >= 15 is 0 Å². The van der Waals surface area contributed by atoms with Gasteiger partial charge < -0.3 is 24.4 Å². The first-order chi connectivity index (χ1) is 20.8. The minimum Gasteiger partial charge on any atom is -0.491 e. The third-order valence-corrected chi connectivity index (χ3v) is 9.47. The molecule has 0 aromatic heterocycles. The van der Waals surface area contributed by atoms with Gasteiger partial charge in [-0.1, -0.05) is 35.9 Å². The number of nitrogens with one attached hydrogen (secondary N) is 1. The maximum Gasteiger partial charge on any atom is 0.297 e. The van der Waals surface area contributed by atoms with E-state index in [4.69, 9.17) is 18.4 Å². The predicted molar refractivity (Wildman–Crippen MR) is 169 cm³/mol. The molecule has 2 heterocycles. The van der Waals surface area contributed by atoms with E-state index in [1.165, 1.54) is 16.8 Å². The lowest BCUT2D eigenvalue weighted by Crippen LogP contribution is -2.35. The molecule has 3 aromatic carbocycles. The number of hydrogen-bond donors (Lipinski definition) is 1. The molecule has 43 heavy (non-hydrogen) atoms. The Bertz CT molecular complexity index is 1420. The summed E-state index contributed by atoms with van der Waals surface area (Å²) in [5.41, 5.74) is 5.78. The van der Waals surface area contributed by atoms with Crippen LogP contribution in [0.2, 0.25) is 0 Å². The number of fused-ring (bicyclic) bond motifs is 1. The average Bonchev–Trinajstić information content (AvgIpc) is 3.03. The molecule has 0 spiro atoms. The summed E-state index contributed by atoms with van der Waals surface area (Å²) < 4.78 is 49.2. The van der Waals surface area contributed by atoms with Crippen molar-refractivity contribution in [3.8, 4) is 5.75 Å². The fraction of sp³-hybridized carbons (Fsp3) is 0.471. The molecule has 3 atom stereocenters. The van der Waals surface area contributed by atoms with Crippen molar-refractivity contribution in [1.82, 2.24) is 0 Å². The fourth-order valence-electron chi connectivity index (χ4n) is 5.60. The first-order valence-electron chi connectivity index (χ1n) is 15.4. The lowest BCUT2D eigenvalue weighted by Gasteiger charge is -2.29. The zero-order valence-corrected chi connectivity index (χ0v) is 26.3. The number of ether oxygens (including phenoxy) is 3. The van der Waals surface area contributed by atoms with Crippen molar-refractivity contribution >= 4 is 21.5 Å². The van der Waals surface area contributed by atoms with Crippen molar-refractivity contribution in [3.63, 3.8) is 0 Å². The van der Waals surface area contributed by atoms with Crippen LogP contribution in [-0.2, 0) is 30.2 Å². The lowest BCUT2D eigenvalue weighted by molar-refractivity contribution is -0.198. The Kier molecular flexibility index (Phi) is 10.6. The summed E-state index contributed by atoms with van der Waals surface area (Å²) in [5.74, 6) is 0.684. The van der Waals surface area contributed by atoms with E-state index in [0.717, 1.165) is 56.4 Å². The summed E-state index contributed by atoms with van der Waals surface area (Å²) in [6, 6.07) is 21.7. The van der Waals surface area contributed by atoms with Crippen LogP contribution in [0.5, 0.6) is 5.75 Å². The Morgan fingerprint density at radius 1 is 0.953 bits per heavy atom. The second-order valence-electron chi connectivity index (χ2n) is 11.2. The van der Waals surface area contributed by atoms with Crippen molar-refractivity contribution in [1.29, 1.82) is 0 Å². The van der Waals surface area contributed by atoms with Crippen LogP contribution in [-0.4, -0.2) is 53.7 Å². The van der Waals surface area contributed by atoms with Crippen LogP contribution in [0.3, 0.4) is 0 Å². The zero-order chi connectivity index (χ0) is 30.2. The Balaban J connectivity index is 1.23. The highest BCUT2D eigenvalue weighted by Crippen LogP contribution is 2.35. The van der Waals surface area contributed by atoms with Gasteiger partial charge in [-0.15, -0.1) is 0 Å². The highest BCUT2D eigenvalue weighted by atomic mass is 32.2. The van der Waals surface area contributed by atoms with Gasteiger partial charge in [0.1, 0.15) is 18.5 Å². The van der Waals surface area contributed by atoms with Crippen LogP contribution in [0.25, 0.3) is 0 Å². The topological polar surface area (TPSA) is 86.3 Å². The molecule has 0 aliphatic carbocycles. The minimum absolute atomic E-state index is 0.115. The quantitative estimate of drug-likeness (QED) is 0.216. The summed E-state index contributed by atoms with van der Waals surface area (Å²) in [5, 5.41) is 3.70. The first-order valence-corrected chi connectivity index (χ1v) is 16.9. The Labute approximate surface area is 256 Å². The molecule has 1 fully saturated rings. The molecule has 1 saturated heterocycles. The van der Waals surface area contributed by atoms with Gasteiger partial charge in [-0.25, -0.2) is 0 Å². The van der Waals surface area contributed by atoms with Gasteiger partial charge in [0.2, 0.25) is 0 Å². The van der Waals surface area contributed by atoms with Crippen molar-refractivity contribution in [2.45, 2.75) is 76.2 Å². The molecule has 0 bridgehead atoms. The van der Waals surface area contributed by atoms with E-state index in [1.54, 1.807) is 24.3 Å². The minimum atomic E-state index is -3.94. The summed E-state index contributed by atoms with van der Waals surface area (Å²) in [6.07, 6.45) is 3.68. The van der Waals surface area contributed by atoms with Gasteiger partial charge in [-0.2, -0.15) is 8.42 Å². The van der Waals surface area contributed by atoms with E-state index in [2.05, 4.69) is 54.4 Å². The maximum absolute atomic E-state index is 12.8. The SMILES string of the molecule is CCN(CC)c1ccc(C2CCc3ccc(OCC(COS(=O)(=O)c4ccc(C)cc4)OC4CCCCO4)cc3N2)cc1. The Morgan fingerprint density at radius 3 is 2.42 bits per heavy atom. The van der Waals surface area contributed by atoms with E-state index in [1.807, 2.05) is 19.1 Å². The largest absolute Gasteiger partial charge is 0.491 e. The maximum atomic E-state index is 12.8. The number of aryl methyl sites for hydroxylation is 2. The Morgan fingerprint density at radius 2 is 1.72 bits per heavy atom. The van der Waals surface area contributed by atoms with Crippen LogP contribution in [0.4, 0.5) is 11.4 Å². The van der Waals surface area contributed by atoms with Gasteiger partial charge in [0.15, 0.2) is 6.29 Å². The third kappa shape index (κ3) is 8.29. The fourth-order valence-corrected chi connectivity index (χ4v) is 6.54. The summed E-state index contributed by atoms with van der Waals surface area (Å²) in [4.78, 5) is 2.46.